The number of hydrogen-bond acceptors (Lipinski definition) is 1. The average molecular weight is 169 g/mol. The van der Waals surface area contributed by atoms with E-state index in [4.69, 9.17) is 0 Å². The molecule has 1 aliphatic rings. The van der Waals surface area contributed by atoms with E-state index in [9.17, 15) is 0 Å². The molecule has 0 aromatic heterocycles. The molecule has 1 heterocycles. The molecule has 3 atom stereocenters. The fourth-order valence-corrected chi connectivity index (χ4v) is 2.16. The number of rotatable bonds is 3. The van der Waals surface area contributed by atoms with Crippen molar-refractivity contribution >= 4 is 0 Å². The van der Waals surface area contributed by atoms with Crippen LogP contribution < -0.4 is 5.32 Å². The van der Waals surface area contributed by atoms with Crippen molar-refractivity contribution in [2.75, 3.05) is 13.1 Å². The van der Waals surface area contributed by atoms with E-state index < -0.39 is 0 Å². The molecule has 1 N–H and O–H groups in total. The van der Waals surface area contributed by atoms with E-state index in [-0.39, 0.29) is 0 Å². The fourth-order valence-electron chi connectivity index (χ4n) is 2.16. The first-order chi connectivity index (χ1) is 5.75. The molecule has 0 aliphatic carbocycles. The van der Waals surface area contributed by atoms with Crippen molar-refractivity contribution in [3.63, 3.8) is 0 Å². The molecule has 0 saturated carbocycles. The smallest absolute Gasteiger partial charge is 0.00179 e. The minimum absolute atomic E-state index is 0.898. The second-order valence-electron chi connectivity index (χ2n) is 4.35. The van der Waals surface area contributed by atoms with Crippen LogP contribution in [0, 0.1) is 17.8 Å². The SMILES string of the molecule is CCC(C)C(C)C1CCCNC1. The second kappa shape index (κ2) is 4.86. The topological polar surface area (TPSA) is 12.0 Å². The monoisotopic (exact) mass is 169 g/mol. The molecular formula is C11H23N. The predicted octanol–water partition coefficient (Wildman–Crippen LogP) is 2.67. The summed E-state index contributed by atoms with van der Waals surface area (Å²) in [6.07, 6.45) is 4.15. The van der Waals surface area contributed by atoms with Gasteiger partial charge in [-0.2, -0.15) is 0 Å². The van der Waals surface area contributed by atoms with Crippen LogP contribution in [0.15, 0.2) is 0 Å². The quantitative estimate of drug-likeness (QED) is 0.685. The highest BCUT2D eigenvalue weighted by molar-refractivity contribution is 4.76. The molecule has 1 saturated heterocycles. The molecular weight excluding hydrogens is 146 g/mol. The van der Waals surface area contributed by atoms with Crippen molar-refractivity contribution in [1.29, 1.82) is 0 Å². The molecule has 3 unspecified atom stereocenters. The molecule has 12 heavy (non-hydrogen) atoms. The molecule has 0 aromatic carbocycles. The third-order valence-electron chi connectivity index (χ3n) is 3.62. The average Bonchev–Trinajstić information content (AvgIpc) is 2.17. The van der Waals surface area contributed by atoms with Gasteiger partial charge in [0, 0.05) is 0 Å². The number of nitrogens with one attached hydrogen (secondary N) is 1. The summed E-state index contributed by atoms with van der Waals surface area (Å²) in [4.78, 5) is 0. The van der Waals surface area contributed by atoms with Crippen LogP contribution in [0.2, 0.25) is 0 Å². The van der Waals surface area contributed by atoms with Crippen molar-refractivity contribution in [3.05, 3.63) is 0 Å². The zero-order valence-electron chi connectivity index (χ0n) is 8.77. The van der Waals surface area contributed by atoms with Crippen LogP contribution in [0.4, 0.5) is 0 Å². The largest absolute Gasteiger partial charge is 0.316 e. The zero-order valence-corrected chi connectivity index (χ0v) is 8.77. The molecule has 1 nitrogen and oxygen atoms in total. The summed E-state index contributed by atoms with van der Waals surface area (Å²) in [5, 5.41) is 3.49. The van der Waals surface area contributed by atoms with Gasteiger partial charge in [0.15, 0.2) is 0 Å². The minimum atomic E-state index is 0.898. The fraction of sp³-hybridized carbons (Fsp3) is 1.00. The normalized spacial score (nSPS) is 29.8. The Morgan fingerprint density at radius 3 is 2.67 bits per heavy atom. The van der Waals surface area contributed by atoms with Gasteiger partial charge in [-0.05, 0) is 43.7 Å². The van der Waals surface area contributed by atoms with Crippen molar-refractivity contribution < 1.29 is 0 Å². The van der Waals surface area contributed by atoms with Gasteiger partial charge >= 0.3 is 0 Å². The molecule has 0 amide bonds. The Labute approximate surface area is 76.9 Å². The van der Waals surface area contributed by atoms with Gasteiger partial charge in [-0.1, -0.05) is 27.2 Å². The van der Waals surface area contributed by atoms with Gasteiger partial charge in [-0.15, -0.1) is 0 Å². The van der Waals surface area contributed by atoms with E-state index in [1.165, 1.54) is 32.4 Å². The Bertz CT molecular complexity index is 116. The second-order valence-corrected chi connectivity index (χ2v) is 4.35. The first kappa shape index (κ1) is 10.0. The molecule has 1 heteroatoms. The lowest BCUT2D eigenvalue weighted by Crippen LogP contribution is -2.35. The van der Waals surface area contributed by atoms with Crippen LogP contribution in [-0.4, -0.2) is 13.1 Å². The number of hydrogen-bond donors (Lipinski definition) is 1. The molecule has 1 fully saturated rings. The maximum atomic E-state index is 3.49. The Morgan fingerprint density at radius 2 is 2.17 bits per heavy atom. The summed E-state index contributed by atoms with van der Waals surface area (Å²) < 4.78 is 0. The van der Waals surface area contributed by atoms with Crippen LogP contribution in [0.1, 0.15) is 40.0 Å². The van der Waals surface area contributed by atoms with Crippen LogP contribution >= 0.6 is 0 Å². The van der Waals surface area contributed by atoms with E-state index in [1.54, 1.807) is 0 Å². The van der Waals surface area contributed by atoms with Crippen molar-refractivity contribution in [2.24, 2.45) is 17.8 Å². The summed E-state index contributed by atoms with van der Waals surface area (Å²) in [5.41, 5.74) is 0. The summed E-state index contributed by atoms with van der Waals surface area (Å²) in [6.45, 7) is 9.61. The van der Waals surface area contributed by atoms with Crippen molar-refractivity contribution in [3.8, 4) is 0 Å². The van der Waals surface area contributed by atoms with Crippen molar-refractivity contribution in [1.82, 2.24) is 5.32 Å². The van der Waals surface area contributed by atoms with E-state index >= 15 is 0 Å². The highest BCUT2D eigenvalue weighted by Gasteiger charge is 2.22. The van der Waals surface area contributed by atoms with Gasteiger partial charge in [0.2, 0.25) is 0 Å². The Balaban J connectivity index is 2.33. The van der Waals surface area contributed by atoms with E-state index in [2.05, 4.69) is 26.1 Å². The van der Waals surface area contributed by atoms with Crippen LogP contribution in [-0.2, 0) is 0 Å². The van der Waals surface area contributed by atoms with Gasteiger partial charge in [-0.3, -0.25) is 0 Å². The predicted molar refractivity (Wildman–Crippen MR) is 54.2 cm³/mol. The third kappa shape index (κ3) is 2.48. The summed E-state index contributed by atoms with van der Waals surface area (Å²) in [6, 6.07) is 0. The van der Waals surface area contributed by atoms with Gasteiger partial charge in [0.1, 0.15) is 0 Å². The maximum Gasteiger partial charge on any atom is -0.00179 e. The Hall–Kier alpha value is -0.0400. The lowest BCUT2D eigenvalue weighted by molar-refractivity contribution is 0.213. The summed E-state index contributed by atoms with van der Waals surface area (Å²) in [5.74, 6) is 2.74. The molecule has 1 rings (SSSR count). The minimum Gasteiger partial charge on any atom is -0.316 e. The molecule has 0 spiro atoms. The third-order valence-corrected chi connectivity index (χ3v) is 3.62. The van der Waals surface area contributed by atoms with E-state index in [1.807, 2.05) is 0 Å². The van der Waals surface area contributed by atoms with E-state index in [0.717, 1.165) is 17.8 Å². The Morgan fingerprint density at radius 1 is 1.42 bits per heavy atom. The highest BCUT2D eigenvalue weighted by atomic mass is 14.9. The maximum absolute atomic E-state index is 3.49. The molecule has 0 bridgehead atoms. The lowest BCUT2D eigenvalue weighted by Gasteiger charge is -2.31. The standard InChI is InChI=1S/C11H23N/c1-4-9(2)10(3)11-6-5-7-12-8-11/h9-12H,4-8H2,1-3H3. The molecule has 0 aromatic rings. The van der Waals surface area contributed by atoms with Gasteiger partial charge in [0.05, 0.1) is 0 Å². The van der Waals surface area contributed by atoms with Gasteiger partial charge in [0.25, 0.3) is 0 Å². The van der Waals surface area contributed by atoms with Crippen molar-refractivity contribution in [2.45, 2.75) is 40.0 Å². The van der Waals surface area contributed by atoms with Gasteiger partial charge in [-0.25, -0.2) is 0 Å². The zero-order chi connectivity index (χ0) is 8.97. The highest BCUT2D eigenvalue weighted by Crippen LogP contribution is 2.27. The van der Waals surface area contributed by atoms with Crippen LogP contribution in [0.25, 0.3) is 0 Å². The first-order valence-corrected chi connectivity index (χ1v) is 5.46. The Kier molecular flexibility index (Phi) is 4.07. The molecule has 72 valence electrons. The van der Waals surface area contributed by atoms with E-state index in [0.29, 0.717) is 0 Å². The molecule has 0 radical (unpaired) electrons. The number of piperidine rings is 1. The van der Waals surface area contributed by atoms with Crippen LogP contribution in [0.3, 0.4) is 0 Å². The molecule has 1 aliphatic heterocycles. The first-order valence-electron chi connectivity index (χ1n) is 5.46. The summed E-state index contributed by atoms with van der Waals surface area (Å²) in [7, 11) is 0. The summed E-state index contributed by atoms with van der Waals surface area (Å²) >= 11 is 0. The van der Waals surface area contributed by atoms with Gasteiger partial charge < -0.3 is 5.32 Å². The lowest BCUT2D eigenvalue weighted by atomic mass is 9.79. The van der Waals surface area contributed by atoms with Crippen LogP contribution in [0.5, 0.6) is 0 Å².